The van der Waals surface area contributed by atoms with E-state index in [-0.39, 0.29) is 0 Å². The van der Waals surface area contributed by atoms with Gasteiger partial charge in [0.05, 0.1) is 0 Å². The Morgan fingerprint density at radius 1 is 1.43 bits per heavy atom. The van der Waals surface area contributed by atoms with Crippen molar-refractivity contribution in [2.24, 2.45) is 5.73 Å². The van der Waals surface area contributed by atoms with Gasteiger partial charge in [-0.25, -0.2) is 4.39 Å². The molecule has 0 bridgehead atoms. The third kappa shape index (κ3) is 3.75. The van der Waals surface area contributed by atoms with E-state index in [4.69, 9.17) is 5.73 Å². The molecule has 1 rings (SSSR count). The zero-order chi connectivity index (χ0) is 10.6. The van der Waals surface area contributed by atoms with Crippen molar-refractivity contribution in [3.8, 4) is 0 Å². The van der Waals surface area contributed by atoms with Gasteiger partial charge in [-0.15, -0.1) is 0 Å². The molecule has 0 saturated heterocycles. The van der Waals surface area contributed by atoms with Crippen molar-refractivity contribution in [1.29, 1.82) is 0 Å². The summed E-state index contributed by atoms with van der Waals surface area (Å²) in [6.07, 6.45) is 0. The largest absolute Gasteiger partial charge is 0.382 e. The summed E-state index contributed by atoms with van der Waals surface area (Å²) in [7, 11) is 0. The summed E-state index contributed by atoms with van der Waals surface area (Å²) >= 11 is 0. The number of anilines is 1. The third-order valence-electron chi connectivity index (χ3n) is 1.88. The summed E-state index contributed by atoms with van der Waals surface area (Å²) in [5.74, 6) is 0. The summed E-state index contributed by atoms with van der Waals surface area (Å²) in [5, 5.41) is 3.03. The summed E-state index contributed by atoms with van der Waals surface area (Å²) in [6.45, 7) is 3.91. The lowest BCUT2D eigenvalue weighted by Gasteiger charge is -2.16. The van der Waals surface area contributed by atoms with E-state index in [0.29, 0.717) is 13.1 Å². The van der Waals surface area contributed by atoms with E-state index in [0.717, 1.165) is 11.3 Å². The lowest BCUT2D eigenvalue weighted by molar-refractivity contribution is 0.235. The van der Waals surface area contributed by atoms with Crippen molar-refractivity contribution in [2.45, 2.75) is 26.1 Å². The van der Waals surface area contributed by atoms with Crippen LogP contribution in [-0.2, 0) is 6.54 Å². The average molecular weight is 196 g/mol. The molecule has 0 saturated carbocycles. The van der Waals surface area contributed by atoms with Gasteiger partial charge in [-0.1, -0.05) is 12.1 Å². The van der Waals surface area contributed by atoms with Crippen LogP contribution in [0.15, 0.2) is 24.3 Å². The molecule has 0 aliphatic heterocycles. The molecule has 0 radical (unpaired) electrons. The van der Waals surface area contributed by atoms with Crippen molar-refractivity contribution in [2.75, 3.05) is 11.9 Å². The zero-order valence-electron chi connectivity index (χ0n) is 8.68. The van der Waals surface area contributed by atoms with Gasteiger partial charge in [0.2, 0.25) is 0 Å². The molecule has 0 amide bonds. The molecule has 3 heteroatoms. The first-order chi connectivity index (χ1) is 6.51. The molecule has 1 aromatic carbocycles. The van der Waals surface area contributed by atoms with Gasteiger partial charge in [0, 0.05) is 18.8 Å². The molecule has 2 nitrogen and oxygen atoms in total. The predicted molar refractivity (Wildman–Crippen MR) is 58.0 cm³/mol. The molecule has 3 N–H and O–H groups in total. The van der Waals surface area contributed by atoms with Crippen LogP contribution in [0.25, 0.3) is 0 Å². The summed E-state index contributed by atoms with van der Waals surface area (Å²) < 4.78 is 13.2. The molecule has 0 atom stereocenters. The number of rotatable bonds is 4. The molecule has 78 valence electrons. The van der Waals surface area contributed by atoms with Gasteiger partial charge in [-0.05, 0) is 31.5 Å². The van der Waals surface area contributed by atoms with E-state index in [2.05, 4.69) is 5.32 Å². The fourth-order valence-electron chi connectivity index (χ4n) is 1.12. The highest BCUT2D eigenvalue weighted by Crippen LogP contribution is 2.13. The Labute approximate surface area is 84.3 Å². The second-order valence-corrected chi connectivity index (χ2v) is 3.98. The highest BCUT2D eigenvalue weighted by molar-refractivity contribution is 5.45. The maximum Gasteiger partial charge on any atom is 0.122 e. The predicted octanol–water partition coefficient (Wildman–Crippen LogP) is 2.31. The first-order valence-corrected chi connectivity index (χ1v) is 4.73. The van der Waals surface area contributed by atoms with Crippen LogP contribution in [0.5, 0.6) is 0 Å². The first-order valence-electron chi connectivity index (χ1n) is 4.73. The Balaban J connectivity index is 2.59. The topological polar surface area (TPSA) is 38.0 Å². The van der Waals surface area contributed by atoms with Crippen molar-refractivity contribution in [3.05, 3.63) is 29.8 Å². The SMILES string of the molecule is CC(C)(F)CNc1cccc(CN)c1. The van der Waals surface area contributed by atoms with Gasteiger partial charge in [0.1, 0.15) is 5.67 Å². The maximum absolute atomic E-state index is 13.2. The first kappa shape index (κ1) is 11.0. The van der Waals surface area contributed by atoms with E-state index >= 15 is 0 Å². The molecule has 0 aromatic heterocycles. The molecular formula is C11H17FN2. The van der Waals surface area contributed by atoms with Crippen molar-refractivity contribution >= 4 is 5.69 Å². The Morgan fingerprint density at radius 3 is 2.71 bits per heavy atom. The molecule has 0 fully saturated rings. The number of halogens is 1. The Morgan fingerprint density at radius 2 is 2.14 bits per heavy atom. The lowest BCUT2D eigenvalue weighted by atomic mass is 10.1. The third-order valence-corrected chi connectivity index (χ3v) is 1.88. The Bertz CT molecular complexity index is 292. The van der Waals surface area contributed by atoms with Crippen LogP contribution in [0, 0.1) is 0 Å². The van der Waals surface area contributed by atoms with E-state index in [1.54, 1.807) is 13.8 Å². The minimum absolute atomic E-state index is 0.307. The molecule has 0 unspecified atom stereocenters. The van der Waals surface area contributed by atoms with Crippen LogP contribution in [0.4, 0.5) is 10.1 Å². The van der Waals surface area contributed by atoms with Crippen LogP contribution in [0.1, 0.15) is 19.4 Å². The average Bonchev–Trinajstić information content (AvgIpc) is 2.14. The number of hydrogen-bond donors (Lipinski definition) is 2. The fourth-order valence-corrected chi connectivity index (χ4v) is 1.12. The number of benzene rings is 1. The van der Waals surface area contributed by atoms with Crippen molar-refractivity contribution in [1.82, 2.24) is 0 Å². The highest BCUT2D eigenvalue weighted by Gasteiger charge is 2.14. The van der Waals surface area contributed by atoms with Crippen LogP contribution in [-0.4, -0.2) is 12.2 Å². The van der Waals surface area contributed by atoms with Gasteiger partial charge in [-0.2, -0.15) is 0 Å². The van der Waals surface area contributed by atoms with E-state index < -0.39 is 5.67 Å². The normalized spacial score (nSPS) is 11.4. The second kappa shape index (κ2) is 4.42. The molecular weight excluding hydrogens is 179 g/mol. The summed E-state index contributed by atoms with van der Waals surface area (Å²) in [6, 6.07) is 7.71. The number of nitrogens with two attached hydrogens (primary N) is 1. The number of alkyl halides is 1. The summed E-state index contributed by atoms with van der Waals surface area (Å²) in [4.78, 5) is 0. The molecule has 1 aromatic rings. The fraction of sp³-hybridized carbons (Fsp3) is 0.455. The van der Waals surface area contributed by atoms with Gasteiger partial charge in [0.15, 0.2) is 0 Å². The van der Waals surface area contributed by atoms with Crippen LogP contribution in [0.2, 0.25) is 0 Å². The molecule has 0 aliphatic rings. The standard InChI is InChI=1S/C11H17FN2/c1-11(2,12)8-14-10-5-3-4-9(6-10)7-13/h3-6,14H,7-8,13H2,1-2H3. The van der Waals surface area contributed by atoms with Crippen molar-refractivity contribution < 1.29 is 4.39 Å². The smallest absolute Gasteiger partial charge is 0.122 e. The van der Waals surface area contributed by atoms with Gasteiger partial charge in [0.25, 0.3) is 0 Å². The van der Waals surface area contributed by atoms with Crippen molar-refractivity contribution in [3.63, 3.8) is 0 Å². The maximum atomic E-state index is 13.2. The van der Waals surface area contributed by atoms with Crippen LogP contribution in [0.3, 0.4) is 0 Å². The quantitative estimate of drug-likeness (QED) is 0.775. The monoisotopic (exact) mass is 196 g/mol. The lowest BCUT2D eigenvalue weighted by Crippen LogP contribution is -2.24. The van der Waals surface area contributed by atoms with E-state index in [1.807, 2.05) is 24.3 Å². The Kier molecular flexibility index (Phi) is 3.47. The van der Waals surface area contributed by atoms with Gasteiger partial charge >= 0.3 is 0 Å². The highest BCUT2D eigenvalue weighted by atomic mass is 19.1. The van der Waals surface area contributed by atoms with E-state index in [1.165, 1.54) is 0 Å². The minimum Gasteiger partial charge on any atom is -0.382 e. The number of nitrogens with one attached hydrogen (secondary N) is 1. The van der Waals surface area contributed by atoms with E-state index in [9.17, 15) is 4.39 Å². The van der Waals surface area contributed by atoms with Gasteiger partial charge in [-0.3, -0.25) is 0 Å². The second-order valence-electron chi connectivity index (χ2n) is 3.98. The van der Waals surface area contributed by atoms with Gasteiger partial charge < -0.3 is 11.1 Å². The number of hydrogen-bond acceptors (Lipinski definition) is 2. The molecule has 0 heterocycles. The minimum atomic E-state index is -1.20. The summed E-state index contributed by atoms with van der Waals surface area (Å²) in [5.41, 5.74) is 6.27. The Hall–Kier alpha value is -1.09. The van der Waals surface area contributed by atoms with Crippen LogP contribution < -0.4 is 11.1 Å². The molecule has 0 spiro atoms. The van der Waals surface area contributed by atoms with Crippen LogP contribution >= 0.6 is 0 Å². The zero-order valence-corrected chi connectivity index (χ0v) is 8.68. The molecule has 0 aliphatic carbocycles. The molecule has 14 heavy (non-hydrogen) atoms.